The predicted molar refractivity (Wildman–Crippen MR) is 143 cm³/mol. The van der Waals surface area contributed by atoms with E-state index in [2.05, 4.69) is 15.6 Å². The summed E-state index contributed by atoms with van der Waals surface area (Å²) in [5.74, 6) is -0.0928. The van der Waals surface area contributed by atoms with Gasteiger partial charge in [-0.15, -0.1) is 0 Å². The topological polar surface area (TPSA) is 114 Å². The third-order valence-electron chi connectivity index (χ3n) is 5.84. The summed E-state index contributed by atoms with van der Waals surface area (Å²) in [6.45, 7) is 1.52. The van der Waals surface area contributed by atoms with Gasteiger partial charge in [-0.05, 0) is 79.7 Å². The van der Waals surface area contributed by atoms with Crippen LogP contribution in [0.1, 0.15) is 23.2 Å². The van der Waals surface area contributed by atoms with Crippen molar-refractivity contribution in [3.8, 4) is 11.5 Å². The van der Waals surface area contributed by atoms with E-state index in [1.54, 1.807) is 42.5 Å². The fourth-order valence-corrected chi connectivity index (χ4v) is 4.43. The van der Waals surface area contributed by atoms with Crippen LogP contribution in [0.3, 0.4) is 0 Å². The lowest BCUT2D eigenvalue weighted by Crippen LogP contribution is -2.34. The molecule has 0 spiro atoms. The van der Waals surface area contributed by atoms with Crippen molar-refractivity contribution >= 4 is 63.0 Å². The molecule has 0 atom stereocenters. The number of nitrogens with zero attached hydrogens (tertiary/aromatic N) is 3. The van der Waals surface area contributed by atoms with Crippen molar-refractivity contribution in [2.45, 2.75) is 12.8 Å². The molecule has 2 heterocycles. The smallest absolute Gasteiger partial charge is 0.293 e. The Morgan fingerprint density at radius 1 is 1.08 bits per heavy atom. The average molecular weight is 522 g/mol. The Morgan fingerprint density at radius 3 is 2.56 bits per heavy atom. The summed E-state index contributed by atoms with van der Waals surface area (Å²) in [6, 6.07) is 16.9. The quantitative estimate of drug-likeness (QED) is 0.193. The molecule has 9 nitrogen and oxygen atoms in total. The first kappa shape index (κ1) is 23.7. The van der Waals surface area contributed by atoms with Gasteiger partial charge in [-0.2, -0.15) is 0 Å². The van der Waals surface area contributed by atoms with Crippen molar-refractivity contribution in [3.05, 3.63) is 81.4 Å². The van der Waals surface area contributed by atoms with E-state index in [4.69, 9.17) is 28.2 Å². The van der Waals surface area contributed by atoms with Crippen LogP contribution in [0, 0.1) is 10.1 Å². The number of halogens is 1. The lowest BCUT2D eigenvalue weighted by molar-refractivity contribution is -0.384. The summed E-state index contributed by atoms with van der Waals surface area (Å²) >= 11 is 11.2. The molecule has 3 aromatic carbocycles. The summed E-state index contributed by atoms with van der Waals surface area (Å²) in [6.07, 6.45) is 1.98. The lowest BCUT2D eigenvalue weighted by Gasteiger charge is -2.18. The molecule has 182 valence electrons. The van der Waals surface area contributed by atoms with Crippen LogP contribution < -0.4 is 15.5 Å². The molecule has 2 N–H and O–H groups in total. The first-order valence-electron chi connectivity index (χ1n) is 11.2. The highest BCUT2D eigenvalue weighted by Gasteiger charge is 2.24. The van der Waals surface area contributed by atoms with E-state index in [0.29, 0.717) is 33.4 Å². The number of carbonyl (C=O) groups excluding carboxylic acids is 1. The molecule has 1 fully saturated rings. The fourth-order valence-electron chi connectivity index (χ4n) is 4.10. The maximum atomic E-state index is 12.7. The number of hydrogen-bond donors (Lipinski definition) is 2. The van der Waals surface area contributed by atoms with Gasteiger partial charge >= 0.3 is 0 Å². The number of fused-ring (bicyclic) bond motifs is 1. The van der Waals surface area contributed by atoms with Gasteiger partial charge in [0.15, 0.2) is 10.7 Å². The Bertz CT molecular complexity index is 1480. The summed E-state index contributed by atoms with van der Waals surface area (Å²) in [4.78, 5) is 30.4. The predicted octanol–water partition coefficient (Wildman–Crippen LogP) is 5.78. The van der Waals surface area contributed by atoms with E-state index in [1.807, 2.05) is 17.0 Å². The second kappa shape index (κ2) is 9.92. The Morgan fingerprint density at radius 2 is 1.83 bits per heavy atom. The summed E-state index contributed by atoms with van der Waals surface area (Å²) in [5.41, 5.74) is 3.15. The maximum absolute atomic E-state index is 12.7. The van der Waals surface area contributed by atoms with Gasteiger partial charge in [0.25, 0.3) is 11.6 Å². The molecule has 11 heteroatoms. The zero-order valence-electron chi connectivity index (χ0n) is 18.9. The third kappa shape index (κ3) is 5.00. The van der Waals surface area contributed by atoms with Crippen LogP contribution >= 0.6 is 23.8 Å². The number of hydrogen-bond acceptors (Lipinski definition) is 7. The number of carbonyl (C=O) groups is 1. The molecule has 1 aromatic heterocycles. The van der Waals surface area contributed by atoms with Gasteiger partial charge in [-0.3, -0.25) is 20.2 Å². The first-order valence-corrected chi connectivity index (χ1v) is 12.0. The highest BCUT2D eigenvalue weighted by Crippen LogP contribution is 2.32. The number of nitro groups is 1. The Labute approximate surface area is 216 Å². The van der Waals surface area contributed by atoms with Crippen molar-refractivity contribution in [2.24, 2.45) is 0 Å². The summed E-state index contributed by atoms with van der Waals surface area (Å²) in [5, 5.41) is 17.8. The minimum absolute atomic E-state index is 0.0482. The first-order chi connectivity index (χ1) is 17.4. The number of aromatic nitrogens is 1. The number of nitro benzene ring substituents is 1. The molecule has 0 bridgehead atoms. The van der Waals surface area contributed by atoms with Gasteiger partial charge in [0.05, 0.1) is 4.92 Å². The zero-order chi connectivity index (χ0) is 25.2. The molecule has 0 unspecified atom stereocenters. The van der Waals surface area contributed by atoms with Crippen LogP contribution in [-0.4, -0.2) is 34.0 Å². The Kier molecular flexibility index (Phi) is 6.53. The Hall–Kier alpha value is -4.02. The standard InChI is InChI=1S/C25H20ClN5O4S/c26-17-6-3-15(4-7-17)24-28-19-14-18(8-10-22(19)35-24)27-25(36)29-23(32)16-5-9-20(21(13-16)31(33)34)30-11-1-2-12-30/h3-10,13-14H,1-2,11-12H2,(H2,27,29,32,36). The summed E-state index contributed by atoms with van der Waals surface area (Å²) in [7, 11) is 0. The van der Waals surface area contributed by atoms with E-state index in [1.165, 1.54) is 6.07 Å². The normalized spacial score (nSPS) is 13.1. The minimum Gasteiger partial charge on any atom is -0.436 e. The van der Waals surface area contributed by atoms with Crippen LogP contribution in [0.2, 0.25) is 5.02 Å². The molecule has 1 amide bonds. The number of oxazole rings is 1. The molecule has 1 saturated heterocycles. The zero-order valence-corrected chi connectivity index (χ0v) is 20.4. The SMILES string of the molecule is O=C(NC(=S)Nc1ccc2oc(-c3ccc(Cl)cc3)nc2c1)c1ccc(N2CCCC2)c([N+](=O)[O-])c1. The van der Waals surface area contributed by atoms with Gasteiger partial charge in [0.1, 0.15) is 11.2 Å². The van der Waals surface area contributed by atoms with Crippen LogP contribution in [0.5, 0.6) is 0 Å². The van der Waals surface area contributed by atoms with Gasteiger partial charge in [0, 0.05) is 41.0 Å². The van der Waals surface area contributed by atoms with Crippen molar-refractivity contribution in [2.75, 3.05) is 23.3 Å². The van der Waals surface area contributed by atoms with Crippen molar-refractivity contribution in [1.29, 1.82) is 0 Å². The number of amides is 1. The maximum Gasteiger partial charge on any atom is 0.293 e. The molecule has 0 aliphatic carbocycles. The van der Waals surface area contributed by atoms with Crippen LogP contribution in [0.15, 0.2) is 65.1 Å². The number of thiocarbonyl (C=S) groups is 1. The van der Waals surface area contributed by atoms with Gasteiger partial charge < -0.3 is 14.6 Å². The van der Waals surface area contributed by atoms with Crippen LogP contribution in [-0.2, 0) is 0 Å². The molecule has 0 saturated carbocycles. The highest BCUT2D eigenvalue weighted by molar-refractivity contribution is 7.80. The number of rotatable bonds is 5. The minimum atomic E-state index is -0.545. The molecule has 0 radical (unpaired) electrons. The van der Waals surface area contributed by atoms with Crippen LogP contribution in [0.4, 0.5) is 17.1 Å². The van der Waals surface area contributed by atoms with Gasteiger partial charge in [0.2, 0.25) is 5.89 Å². The van der Waals surface area contributed by atoms with E-state index >= 15 is 0 Å². The molecular formula is C25H20ClN5O4S. The van der Waals surface area contributed by atoms with Gasteiger partial charge in [-0.25, -0.2) is 4.98 Å². The monoisotopic (exact) mass is 521 g/mol. The molecule has 1 aliphatic heterocycles. The van der Waals surface area contributed by atoms with Crippen LogP contribution in [0.25, 0.3) is 22.6 Å². The number of benzene rings is 3. The second-order valence-corrected chi connectivity index (χ2v) is 9.12. The number of anilines is 2. The fraction of sp³-hybridized carbons (Fsp3) is 0.160. The van der Waals surface area contributed by atoms with Crippen molar-refractivity contribution in [1.82, 2.24) is 10.3 Å². The average Bonchev–Trinajstić information content (AvgIpc) is 3.54. The second-order valence-electron chi connectivity index (χ2n) is 8.27. The summed E-state index contributed by atoms with van der Waals surface area (Å²) < 4.78 is 5.81. The molecule has 1 aliphatic rings. The Balaban J connectivity index is 1.28. The molecular weight excluding hydrogens is 502 g/mol. The molecule has 36 heavy (non-hydrogen) atoms. The van der Waals surface area contributed by atoms with Crippen molar-refractivity contribution in [3.63, 3.8) is 0 Å². The molecule has 5 rings (SSSR count). The highest BCUT2D eigenvalue weighted by atomic mass is 35.5. The third-order valence-corrected chi connectivity index (χ3v) is 6.30. The van der Waals surface area contributed by atoms with Crippen molar-refractivity contribution < 1.29 is 14.1 Å². The van der Waals surface area contributed by atoms with E-state index in [-0.39, 0.29) is 16.4 Å². The van der Waals surface area contributed by atoms with E-state index in [9.17, 15) is 14.9 Å². The lowest BCUT2D eigenvalue weighted by atomic mass is 10.1. The van der Waals surface area contributed by atoms with E-state index < -0.39 is 10.8 Å². The largest absolute Gasteiger partial charge is 0.436 e. The van der Waals surface area contributed by atoms with Gasteiger partial charge in [-0.1, -0.05) is 11.6 Å². The molecule has 4 aromatic rings. The number of nitrogens with one attached hydrogen (secondary N) is 2. The van der Waals surface area contributed by atoms with E-state index in [0.717, 1.165) is 31.5 Å².